The minimum atomic E-state index is -0.512. The van der Waals surface area contributed by atoms with Crippen LogP contribution < -0.4 is 0 Å². The van der Waals surface area contributed by atoms with Crippen molar-refractivity contribution in [2.75, 3.05) is 0 Å². The van der Waals surface area contributed by atoms with E-state index in [1.54, 1.807) is 0 Å². The van der Waals surface area contributed by atoms with Crippen LogP contribution in [0.25, 0.3) is 0 Å². The zero-order chi connectivity index (χ0) is 7.72. The molecule has 0 radical (unpaired) electrons. The standard InChI is InChI=1S/C8H16O2/c1-5(2)8-6(3)4-7(9)10-8/h5-9H,4H2,1-3H3/t6-,7?,8+/m1/s1. The zero-order valence-corrected chi connectivity index (χ0v) is 6.87. The maximum Gasteiger partial charge on any atom is 0.155 e. The molecule has 1 aliphatic heterocycles. The SMILES string of the molecule is CC(C)[C@@H]1OC(O)C[C@H]1C. The molecule has 0 saturated carbocycles. The van der Waals surface area contributed by atoms with E-state index in [1.807, 2.05) is 0 Å². The van der Waals surface area contributed by atoms with Crippen molar-refractivity contribution in [2.24, 2.45) is 11.8 Å². The second-order valence-corrected chi connectivity index (χ2v) is 3.51. The quantitative estimate of drug-likeness (QED) is 0.602. The van der Waals surface area contributed by atoms with Crippen LogP contribution >= 0.6 is 0 Å². The first-order chi connectivity index (χ1) is 4.61. The first-order valence-electron chi connectivity index (χ1n) is 3.94. The van der Waals surface area contributed by atoms with Gasteiger partial charge in [-0.3, -0.25) is 0 Å². The van der Waals surface area contributed by atoms with Crippen molar-refractivity contribution >= 4 is 0 Å². The van der Waals surface area contributed by atoms with Gasteiger partial charge >= 0.3 is 0 Å². The molecule has 0 aliphatic carbocycles. The average molecular weight is 144 g/mol. The van der Waals surface area contributed by atoms with Crippen LogP contribution in [-0.4, -0.2) is 17.5 Å². The normalized spacial score (nSPS) is 41.1. The lowest BCUT2D eigenvalue weighted by Gasteiger charge is -2.17. The predicted octanol–water partition coefficient (Wildman–Crippen LogP) is 1.39. The largest absolute Gasteiger partial charge is 0.368 e. The fraction of sp³-hybridized carbons (Fsp3) is 1.00. The molecule has 3 atom stereocenters. The Morgan fingerprint density at radius 2 is 2.10 bits per heavy atom. The molecular formula is C8H16O2. The Morgan fingerprint density at radius 3 is 2.30 bits per heavy atom. The van der Waals surface area contributed by atoms with Gasteiger partial charge in [0.2, 0.25) is 0 Å². The van der Waals surface area contributed by atoms with Gasteiger partial charge in [0.15, 0.2) is 6.29 Å². The van der Waals surface area contributed by atoms with Crippen LogP contribution in [0.5, 0.6) is 0 Å². The summed E-state index contributed by atoms with van der Waals surface area (Å²) in [5, 5.41) is 9.10. The maximum absolute atomic E-state index is 9.10. The first kappa shape index (κ1) is 8.02. The second-order valence-electron chi connectivity index (χ2n) is 3.51. The summed E-state index contributed by atoms with van der Waals surface area (Å²) >= 11 is 0. The summed E-state index contributed by atoms with van der Waals surface area (Å²) in [5.41, 5.74) is 0. The lowest BCUT2D eigenvalue weighted by Crippen LogP contribution is -2.20. The molecule has 10 heavy (non-hydrogen) atoms. The Hall–Kier alpha value is -0.0800. The van der Waals surface area contributed by atoms with Gasteiger partial charge in [-0.2, -0.15) is 0 Å². The highest BCUT2D eigenvalue weighted by Gasteiger charge is 2.32. The second kappa shape index (κ2) is 2.89. The monoisotopic (exact) mass is 144 g/mol. The van der Waals surface area contributed by atoms with E-state index in [1.165, 1.54) is 0 Å². The number of aliphatic hydroxyl groups excluding tert-OH is 1. The van der Waals surface area contributed by atoms with Gasteiger partial charge in [0.25, 0.3) is 0 Å². The van der Waals surface area contributed by atoms with Gasteiger partial charge in [-0.25, -0.2) is 0 Å². The summed E-state index contributed by atoms with van der Waals surface area (Å²) in [6, 6.07) is 0. The summed E-state index contributed by atoms with van der Waals surface area (Å²) in [4.78, 5) is 0. The van der Waals surface area contributed by atoms with Crippen LogP contribution in [-0.2, 0) is 4.74 Å². The summed E-state index contributed by atoms with van der Waals surface area (Å²) in [6.07, 6.45) is 0.542. The van der Waals surface area contributed by atoms with Gasteiger partial charge in [0.05, 0.1) is 6.10 Å². The molecule has 1 heterocycles. The number of rotatable bonds is 1. The molecule has 2 heteroatoms. The highest BCUT2D eigenvalue weighted by Crippen LogP contribution is 2.29. The van der Waals surface area contributed by atoms with Crippen molar-refractivity contribution in [1.29, 1.82) is 0 Å². The summed E-state index contributed by atoms with van der Waals surface area (Å²) in [5.74, 6) is 1.03. The third kappa shape index (κ3) is 1.50. The van der Waals surface area contributed by atoms with Crippen molar-refractivity contribution in [3.8, 4) is 0 Å². The van der Waals surface area contributed by atoms with E-state index in [0.29, 0.717) is 11.8 Å². The molecule has 0 aromatic heterocycles. The molecule has 0 bridgehead atoms. The molecule has 1 rings (SSSR count). The highest BCUT2D eigenvalue weighted by atomic mass is 16.6. The Bertz CT molecular complexity index is 112. The number of ether oxygens (including phenoxy) is 1. The van der Waals surface area contributed by atoms with Crippen LogP contribution in [0.2, 0.25) is 0 Å². The van der Waals surface area contributed by atoms with Gasteiger partial charge in [-0.15, -0.1) is 0 Å². The van der Waals surface area contributed by atoms with Crippen molar-refractivity contribution in [3.63, 3.8) is 0 Å². The molecule has 0 spiro atoms. The van der Waals surface area contributed by atoms with Crippen LogP contribution in [0.15, 0.2) is 0 Å². The molecule has 0 aromatic carbocycles. The lowest BCUT2D eigenvalue weighted by molar-refractivity contribution is -0.103. The van der Waals surface area contributed by atoms with Crippen LogP contribution in [0.1, 0.15) is 27.2 Å². The molecule has 1 N–H and O–H groups in total. The average Bonchev–Trinajstić information content (AvgIpc) is 2.10. The minimum absolute atomic E-state index is 0.259. The summed E-state index contributed by atoms with van der Waals surface area (Å²) in [6.45, 7) is 6.37. The fourth-order valence-electron chi connectivity index (χ4n) is 1.64. The summed E-state index contributed by atoms with van der Waals surface area (Å²) in [7, 11) is 0. The van der Waals surface area contributed by atoms with E-state index in [4.69, 9.17) is 9.84 Å². The Balaban J connectivity index is 2.46. The zero-order valence-electron chi connectivity index (χ0n) is 6.87. The minimum Gasteiger partial charge on any atom is -0.368 e. The third-order valence-electron chi connectivity index (χ3n) is 2.11. The van der Waals surface area contributed by atoms with E-state index in [-0.39, 0.29) is 6.10 Å². The number of hydrogen-bond acceptors (Lipinski definition) is 2. The molecule has 0 aromatic rings. The van der Waals surface area contributed by atoms with E-state index in [0.717, 1.165) is 6.42 Å². The van der Waals surface area contributed by atoms with Gasteiger partial charge in [0, 0.05) is 6.42 Å². The topological polar surface area (TPSA) is 29.5 Å². The third-order valence-corrected chi connectivity index (χ3v) is 2.11. The Kier molecular flexibility index (Phi) is 2.32. The van der Waals surface area contributed by atoms with Crippen molar-refractivity contribution < 1.29 is 9.84 Å². The fourth-order valence-corrected chi connectivity index (χ4v) is 1.64. The summed E-state index contributed by atoms with van der Waals surface area (Å²) < 4.78 is 5.29. The molecule has 1 unspecified atom stereocenters. The van der Waals surface area contributed by atoms with Crippen molar-refractivity contribution in [3.05, 3.63) is 0 Å². The molecule has 1 fully saturated rings. The molecule has 1 saturated heterocycles. The molecule has 2 nitrogen and oxygen atoms in total. The van der Waals surface area contributed by atoms with Gasteiger partial charge in [-0.1, -0.05) is 20.8 Å². The van der Waals surface area contributed by atoms with Crippen LogP contribution in [0, 0.1) is 11.8 Å². The maximum atomic E-state index is 9.10. The Labute approximate surface area is 62.2 Å². The number of aliphatic hydroxyl groups is 1. The van der Waals surface area contributed by atoms with E-state index < -0.39 is 6.29 Å². The van der Waals surface area contributed by atoms with Crippen LogP contribution in [0.4, 0.5) is 0 Å². The van der Waals surface area contributed by atoms with Gasteiger partial charge in [0.1, 0.15) is 0 Å². The smallest absolute Gasteiger partial charge is 0.155 e. The van der Waals surface area contributed by atoms with Gasteiger partial charge in [-0.05, 0) is 11.8 Å². The van der Waals surface area contributed by atoms with Crippen LogP contribution in [0.3, 0.4) is 0 Å². The molecule has 1 aliphatic rings. The first-order valence-corrected chi connectivity index (χ1v) is 3.94. The van der Waals surface area contributed by atoms with E-state index in [2.05, 4.69) is 20.8 Å². The van der Waals surface area contributed by atoms with Crippen molar-refractivity contribution in [1.82, 2.24) is 0 Å². The predicted molar refractivity (Wildman–Crippen MR) is 39.5 cm³/mol. The van der Waals surface area contributed by atoms with Crippen molar-refractivity contribution in [2.45, 2.75) is 39.6 Å². The van der Waals surface area contributed by atoms with E-state index >= 15 is 0 Å². The highest BCUT2D eigenvalue weighted by molar-refractivity contribution is 4.76. The molecule has 60 valence electrons. The lowest BCUT2D eigenvalue weighted by atomic mass is 9.95. The van der Waals surface area contributed by atoms with Gasteiger partial charge < -0.3 is 9.84 Å². The molecular weight excluding hydrogens is 128 g/mol. The Morgan fingerprint density at radius 1 is 1.50 bits per heavy atom. The number of hydrogen-bond donors (Lipinski definition) is 1. The van der Waals surface area contributed by atoms with E-state index in [9.17, 15) is 0 Å². The molecule has 0 amide bonds.